The number of nitrogens with one attached hydrogen (secondary N) is 1. The molecule has 0 bridgehead atoms. The minimum atomic E-state index is 0.0315. The lowest BCUT2D eigenvalue weighted by Gasteiger charge is -2.25. The molecule has 6 nitrogen and oxygen atoms in total. The molecule has 122 valence electrons. The van der Waals surface area contributed by atoms with E-state index in [0.717, 1.165) is 18.0 Å². The highest BCUT2D eigenvalue weighted by Gasteiger charge is 2.17. The first-order chi connectivity index (χ1) is 11.2. The SMILES string of the molecule is CC(CN=C(N)NCC1CCC1)c1nc(-c2ccccc2)no1. The molecule has 1 aromatic carbocycles. The smallest absolute Gasteiger partial charge is 0.231 e. The van der Waals surface area contributed by atoms with E-state index in [1.54, 1.807) is 0 Å². The number of aliphatic imine (C=N–C) groups is 1. The first kappa shape index (κ1) is 15.5. The van der Waals surface area contributed by atoms with Crippen LogP contribution in [0.1, 0.15) is 38.0 Å². The van der Waals surface area contributed by atoms with Crippen LogP contribution in [0.2, 0.25) is 0 Å². The van der Waals surface area contributed by atoms with Gasteiger partial charge >= 0.3 is 0 Å². The summed E-state index contributed by atoms with van der Waals surface area (Å²) in [6.07, 6.45) is 3.92. The van der Waals surface area contributed by atoms with E-state index in [2.05, 4.69) is 20.4 Å². The van der Waals surface area contributed by atoms with Crippen molar-refractivity contribution in [1.82, 2.24) is 15.5 Å². The molecule has 2 aromatic rings. The molecule has 1 atom stereocenters. The number of hydrogen-bond acceptors (Lipinski definition) is 4. The molecule has 0 aliphatic heterocycles. The van der Waals surface area contributed by atoms with E-state index < -0.39 is 0 Å². The number of aromatic nitrogens is 2. The second-order valence-electron chi connectivity index (χ2n) is 6.13. The Morgan fingerprint density at radius 2 is 2.17 bits per heavy atom. The van der Waals surface area contributed by atoms with Crippen LogP contribution >= 0.6 is 0 Å². The highest BCUT2D eigenvalue weighted by Crippen LogP contribution is 2.25. The Kier molecular flexibility index (Phi) is 4.90. The fourth-order valence-electron chi connectivity index (χ4n) is 2.45. The molecule has 1 aromatic heterocycles. The van der Waals surface area contributed by atoms with Gasteiger partial charge in [0, 0.05) is 12.1 Å². The van der Waals surface area contributed by atoms with Crippen molar-refractivity contribution < 1.29 is 4.52 Å². The van der Waals surface area contributed by atoms with E-state index >= 15 is 0 Å². The molecule has 1 aliphatic rings. The largest absolute Gasteiger partial charge is 0.370 e. The Morgan fingerprint density at radius 1 is 1.39 bits per heavy atom. The zero-order chi connectivity index (χ0) is 16.1. The van der Waals surface area contributed by atoms with Gasteiger partial charge in [-0.15, -0.1) is 0 Å². The number of nitrogens with zero attached hydrogens (tertiary/aromatic N) is 3. The first-order valence-corrected chi connectivity index (χ1v) is 8.15. The van der Waals surface area contributed by atoms with E-state index in [9.17, 15) is 0 Å². The van der Waals surface area contributed by atoms with Crippen molar-refractivity contribution in [2.45, 2.75) is 32.1 Å². The predicted octanol–water partition coefficient (Wildman–Crippen LogP) is 2.54. The second-order valence-corrected chi connectivity index (χ2v) is 6.13. The average molecular weight is 313 g/mol. The monoisotopic (exact) mass is 313 g/mol. The van der Waals surface area contributed by atoms with Crippen molar-refractivity contribution in [1.29, 1.82) is 0 Å². The summed E-state index contributed by atoms with van der Waals surface area (Å²) in [5.41, 5.74) is 6.84. The Bertz CT molecular complexity index is 648. The minimum Gasteiger partial charge on any atom is -0.370 e. The summed E-state index contributed by atoms with van der Waals surface area (Å²) in [6.45, 7) is 3.45. The van der Waals surface area contributed by atoms with E-state index in [4.69, 9.17) is 10.3 Å². The van der Waals surface area contributed by atoms with Crippen molar-refractivity contribution in [3.63, 3.8) is 0 Å². The number of rotatable bonds is 6. The quantitative estimate of drug-likeness (QED) is 0.632. The van der Waals surface area contributed by atoms with Crippen LogP contribution in [-0.2, 0) is 0 Å². The molecular weight excluding hydrogens is 290 g/mol. The van der Waals surface area contributed by atoms with Gasteiger partial charge in [0.15, 0.2) is 5.96 Å². The number of nitrogens with two attached hydrogens (primary N) is 1. The second kappa shape index (κ2) is 7.26. The van der Waals surface area contributed by atoms with Gasteiger partial charge in [0.25, 0.3) is 0 Å². The van der Waals surface area contributed by atoms with Crippen LogP contribution in [0.25, 0.3) is 11.4 Å². The Balaban J connectivity index is 1.53. The van der Waals surface area contributed by atoms with E-state index in [1.807, 2.05) is 37.3 Å². The summed E-state index contributed by atoms with van der Waals surface area (Å²) in [6, 6.07) is 9.78. The maximum atomic E-state index is 5.90. The van der Waals surface area contributed by atoms with Gasteiger partial charge in [0.1, 0.15) is 0 Å². The molecule has 23 heavy (non-hydrogen) atoms. The maximum absolute atomic E-state index is 5.90. The summed E-state index contributed by atoms with van der Waals surface area (Å²) in [5.74, 6) is 2.47. The molecule has 3 rings (SSSR count). The van der Waals surface area contributed by atoms with Crippen molar-refractivity contribution in [3.8, 4) is 11.4 Å². The maximum Gasteiger partial charge on any atom is 0.231 e. The Labute approximate surface area is 136 Å². The fraction of sp³-hybridized carbons (Fsp3) is 0.471. The standard InChI is InChI=1S/C17H23N5O/c1-12(10-19-17(18)20-11-13-6-5-7-13)16-21-15(22-23-16)14-8-3-2-4-9-14/h2-4,8-9,12-13H,5-7,10-11H2,1H3,(H3,18,19,20). The van der Waals surface area contributed by atoms with Crippen LogP contribution in [0.4, 0.5) is 0 Å². The van der Waals surface area contributed by atoms with Gasteiger partial charge < -0.3 is 15.6 Å². The molecule has 1 heterocycles. The lowest BCUT2D eigenvalue weighted by Crippen LogP contribution is -2.37. The van der Waals surface area contributed by atoms with Gasteiger partial charge in [-0.1, -0.05) is 48.8 Å². The molecule has 1 fully saturated rings. The number of hydrogen-bond donors (Lipinski definition) is 2. The average Bonchev–Trinajstić information content (AvgIpc) is 3.02. The summed E-state index contributed by atoms with van der Waals surface area (Å²) in [7, 11) is 0. The molecule has 0 spiro atoms. The van der Waals surface area contributed by atoms with Gasteiger partial charge in [-0.05, 0) is 18.8 Å². The summed E-state index contributed by atoms with van der Waals surface area (Å²) in [4.78, 5) is 8.82. The van der Waals surface area contributed by atoms with Crippen LogP contribution in [-0.4, -0.2) is 29.2 Å². The van der Waals surface area contributed by atoms with E-state index in [0.29, 0.717) is 24.2 Å². The lowest BCUT2D eigenvalue weighted by atomic mass is 9.85. The van der Waals surface area contributed by atoms with E-state index in [-0.39, 0.29) is 5.92 Å². The Hall–Kier alpha value is -2.37. The topological polar surface area (TPSA) is 89.3 Å². The molecule has 1 unspecified atom stereocenters. The third kappa shape index (κ3) is 4.09. The molecule has 1 saturated carbocycles. The Morgan fingerprint density at radius 3 is 2.87 bits per heavy atom. The van der Waals surface area contributed by atoms with Gasteiger partial charge in [-0.25, -0.2) is 0 Å². The molecule has 0 radical (unpaired) electrons. The van der Waals surface area contributed by atoms with E-state index in [1.165, 1.54) is 19.3 Å². The normalized spacial score (nSPS) is 16.8. The number of benzene rings is 1. The van der Waals surface area contributed by atoms with Crippen LogP contribution in [0.15, 0.2) is 39.8 Å². The third-order valence-electron chi connectivity index (χ3n) is 4.23. The highest BCUT2D eigenvalue weighted by atomic mass is 16.5. The molecule has 0 amide bonds. The van der Waals surface area contributed by atoms with Crippen molar-refractivity contribution in [2.24, 2.45) is 16.6 Å². The van der Waals surface area contributed by atoms with Gasteiger partial charge in [0.2, 0.25) is 11.7 Å². The highest BCUT2D eigenvalue weighted by molar-refractivity contribution is 5.77. The zero-order valence-electron chi connectivity index (χ0n) is 13.4. The van der Waals surface area contributed by atoms with Crippen LogP contribution in [0.3, 0.4) is 0 Å². The van der Waals surface area contributed by atoms with Crippen LogP contribution in [0.5, 0.6) is 0 Å². The van der Waals surface area contributed by atoms with Gasteiger partial charge in [0.05, 0.1) is 12.5 Å². The van der Waals surface area contributed by atoms with Crippen LogP contribution < -0.4 is 11.1 Å². The van der Waals surface area contributed by atoms with Crippen LogP contribution in [0, 0.1) is 5.92 Å². The van der Waals surface area contributed by atoms with Crippen molar-refractivity contribution >= 4 is 5.96 Å². The zero-order valence-corrected chi connectivity index (χ0v) is 13.4. The third-order valence-corrected chi connectivity index (χ3v) is 4.23. The predicted molar refractivity (Wildman–Crippen MR) is 90.0 cm³/mol. The van der Waals surface area contributed by atoms with Gasteiger partial charge in [-0.2, -0.15) is 4.98 Å². The minimum absolute atomic E-state index is 0.0315. The first-order valence-electron chi connectivity index (χ1n) is 8.15. The molecule has 3 N–H and O–H groups in total. The summed E-state index contributed by atoms with van der Waals surface area (Å²) >= 11 is 0. The molecule has 0 saturated heterocycles. The molecule has 1 aliphatic carbocycles. The van der Waals surface area contributed by atoms with Gasteiger partial charge in [-0.3, -0.25) is 4.99 Å². The molecule has 6 heteroatoms. The van der Waals surface area contributed by atoms with Crippen molar-refractivity contribution in [3.05, 3.63) is 36.2 Å². The summed E-state index contributed by atoms with van der Waals surface area (Å²) < 4.78 is 5.35. The van der Waals surface area contributed by atoms with Crippen molar-refractivity contribution in [2.75, 3.05) is 13.1 Å². The number of guanidine groups is 1. The fourth-order valence-corrected chi connectivity index (χ4v) is 2.45. The molecular formula is C17H23N5O. The summed E-state index contributed by atoms with van der Waals surface area (Å²) in [5, 5.41) is 7.21. The lowest BCUT2D eigenvalue weighted by molar-refractivity contribution is 0.315.